The third kappa shape index (κ3) is 4.82. The molecule has 0 saturated heterocycles. The normalized spacial score (nSPS) is 13.1. The molecular weight excluding hydrogens is 611 g/mol. The Balaban J connectivity index is 1.13. The molecular formula is C47H37NS. The maximum absolute atomic E-state index is 2.42. The van der Waals surface area contributed by atoms with Gasteiger partial charge in [-0.1, -0.05) is 116 Å². The van der Waals surface area contributed by atoms with E-state index >= 15 is 0 Å². The lowest BCUT2D eigenvalue weighted by Gasteiger charge is -2.26. The van der Waals surface area contributed by atoms with Crippen LogP contribution >= 0.6 is 11.3 Å². The zero-order chi connectivity index (χ0) is 33.3. The monoisotopic (exact) mass is 647 g/mol. The summed E-state index contributed by atoms with van der Waals surface area (Å²) in [6.07, 6.45) is 0. The van der Waals surface area contributed by atoms with Gasteiger partial charge in [-0.25, -0.2) is 0 Å². The van der Waals surface area contributed by atoms with Crippen molar-refractivity contribution in [2.45, 2.75) is 33.1 Å². The van der Waals surface area contributed by atoms with E-state index in [1.807, 2.05) is 11.3 Å². The number of benzene rings is 7. The van der Waals surface area contributed by atoms with Crippen LogP contribution in [0, 0.1) is 13.8 Å². The van der Waals surface area contributed by atoms with Gasteiger partial charge in [-0.3, -0.25) is 0 Å². The van der Waals surface area contributed by atoms with Crippen LogP contribution in [0.15, 0.2) is 152 Å². The number of anilines is 3. The van der Waals surface area contributed by atoms with Gasteiger partial charge in [-0.15, -0.1) is 11.3 Å². The number of fused-ring (bicyclic) bond motifs is 6. The van der Waals surface area contributed by atoms with Crippen molar-refractivity contribution in [2.75, 3.05) is 4.90 Å². The zero-order valence-electron chi connectivity index (χ0n) is 28.3. The largest absolute Gasteiger partial charge is 0.310 e. The van der Waals surface area contributed by atoms with E-state index in [0.717, 1.165) is 17.1 Å². The lowest BCUT2D eigenvalue weighted by Crippen LogP contribution is -2.15. The van der Waals surface area contributed by atoms with Gasteiger partial charge in [0.25, 0.3) is 0 Å². The summed E-state index contributed by atoms with van der Waals surface area (Å²) in [7, 11) is 0. The van der Waals surface area contributed by atoms with Crippen LogP contribution in [-0.2, 0) is 5.41 Å². The average Bonchev–Trinajstić information content (AvgIpc) is 3.61. The summed E-state index contributed by atoms with van der Waals surface area (Å²) in [4.78, 5) is 2.37. The number of para-hydroxylation sites is 1. The smallest absolute Gasteiger partial charge is 0.0467 e. The van der Waals surface area contributed by atoms with Crippen LogP contribution in [-0.4, -0.2) is 0 Å². The summed E-state index contributed by atoms with van der Waals surface area (Å²) in [5.41, 5.74) is 16.6. The summed E-state index contributed by atoms with van der Waals surface area (Å²) in [5, 5.41) is 2.67. The highest BCUT2D eigenvalue weighted by Gasteiger charge is 2.36. The lowest BCUT2D eigenvalue weighted by atomic mass is 9.81. The van der Waals surface area contributed by atoms with E-state index in [9.17, 15) is 0 Å². The molecule has 2 heteroatoms. The number of aryl methyl sites for hydroxylation is 2. The zero-order valence-corrected chi connectivity index (χ0v) is 29.1. The number of nitrogens with zero attached hydrogens (tertiary/aromatic N) is 1. The van der Waals surface area contributed by atoms with Crippen LogP contribution in [0.2, 0.25) is 0 Å². The third-order valence-corrected chi connectivity index (χ3v) is 11.5. The standard InChI is InChI=1S/C47H37NS/c1-30-26-31(2)45-40-29-34(22-25-41(40)47(3,4)42(45)27-30)33-12-10-15-37(28-33)48(35-13-6-5-7-14-35)36-23-20-32(21-24-36)38-17-11-19-44-46(38)39-16-8-9-18-43(39)49-44/h5-29H,1-4H3. The Morgan fingerprint density at radius 3 is 2.00 bits per heavy atom. The molecule has 0 aliphatic heterocycles. The van der Waals surface area contributed by atoms with Crippen molar-refractivity contribution in [2.24, 2.45) is 0 Å². The van der Waals surface area contributed by atoms with Gasteiger partial charge < -0.3 is 4.90 Å². The minimum Gasteiger partial charge on any atom is -0.310 e. The second-order valence-electron chi connectivity index (χ2n) is 13.9. The molecule has 0 unspecified atom stereocenters. The highest BCUT2D eigenvalue weighted by molar-refractivity contribution is 7.25. The van der Waals surface area contributed by atoms with Crippen LogP contribution in [0.3, 0.4) is 0 Å². The Bertz CT molecular complexity index is 2540. The molecule has 0 radical (unpaired) electrons. The second kappa shape index (κ2) is 11.3. The first-order chi connectivity index (χ1) is 23.9. The van der Waals surface area contributed by atoms with Crippen LogP contribution < -0.4 is 4.90 Å². The second-order valence-corrected chi connectivity index (χ2v) is 15.0. The maximum Gasteiger partial charge on any atom is 0.0467 e. The maximum atomic E-state index is 2.42. The SMILES string of the molecule is Cc1cc(C)c2c(c1)C(C)(C)c1ccc(-c3cccc(N(c4ccccc4)c4ccc(-c5cccc6sc7ccccc7c56)cc4)c3)cc1-2. The molecule has 0 bridgehead atoms. The Morgan fingerprint density at radius 1 is 0.490 bits per heavy atom. The summed E-state index contributed by atoms with van der Waals surface area (Å²) >= 11 is 1.87. The molecule has 0 fully saturated rings. The predicted octanol–water partition coefficient (Wildman–Crippen LogP) is 13.8. The summed E-state index contributed by atoms with van der Waals surface area (Å²) in [6, 6.07) is 56.0. The van der Waals surface area contributed by atoms with E-state index in [0.29, 0.717) is 0 Å². The van der Waals surface area contributed by atoms with Crippen LogP contribution in [0.4, 0.5) is 17.1 Å². The van der Waals surface area contributed by atoms with Crippen molar-refractivity contribution in [3.8, 4) is 33.4 Å². The van der Waals surface area contributed by atoms with Crippen LogP contribution in [0.1, 0.15) is 36.1 Å². The number of hydrogen-bond acceptors (Lipinski definition) is 2. The molecule has 1 heterocycles. The quantitative estimate of drug-likeness (QED) is 0.180. The van der Waals surface area contributed by atoms with Gasteiger partial charge in [-0.2, -0.15) is 0 Å². The Hall–Kier alpha value is -5.44. The average molecular weight is 648 g/mol. The highest BCUT2D eigenvalue weighted by Crippen LogP contribution is 2.51. The van der Waals surface area contributed by atoms with E-state index < -0.39 is 0 Å². The van der Waals surface area contributed by atoms with Crippen molar-refractivity contribution in [3.63, 3.8) is 0 Å². The summed E-state index contributed by atoms with van der Waals surface area (Å²) < 4.78 is 2.66. The van der Waals surface area contributed by atoms with Gasteiger partial charge in [0, 0.05) is 42.6 Å². The fraction of sp³-hybridized carbons (Fsp3) is 0.106. The van der Waals surface area contributed by atoms with Crippen LogP contribution in [0.5, 0.6) is 0 Å². The van der Waals surface area contributed by atoms with Crippen molar-refractivity contribution < 1.29 is 0 Å². The van der Waals surface area contributed by atoms with Gasteiger partial charge >= 0.3 is 0 Å². The molecule has 0 N–H and O–H groups in total. The number of thiophene rings is 1. The Kier molecular flexibility index (Phi) is 6.86. The van der Waals surface area contributed by atoms with E-state index in [1.54, 1.807) is 0 Å². The van der Waals surface area contributed by atoms with Gasteiger partial charge in [0.15, 0.2) is 0 Å². The molecule has 0 atom stereocenters. The minimum absolute atomic E-state index is 0.0137. The lowest BCUT2D eigenvalue weighted by molar-refractivity contribution is 0.659. The molecule has 7 aromatic carbocycles. The molecule has 0 amide bonds. The van der Waals surface area contributed by atoms with E-state index in [1.165, 1.54) is 75.8 Å². The molecule has 9 rings (SSSR count). The molecule has 49 heavy (non-hydrogen) atoms. The molecule has 236 valence electrons. The summed E-state index contributed by atoms with van der Waals surface area (Å²) in [5.74, 6) is 0. The topological polar surface area (TPSA) is 3.24 Å². The number of rotatable bonds is 5. The summed E-state index contributed by atoms with van der Waals surface area (Å²) in [6.45, 7) is 9.20. The number of hydrogen-bond donors (Lipinski definition) is 0. The molecule has 1 aliphatic rings. The van der Waals surface area contributed by atoms with E-state index in [4.69, 9.17) is 0 Å². The molecule has 8 aromatic rings. The fourth-order valence-electron chi connectivity index (χ4n) is 8.09. The minimum atomic E-state index is -0.0137. The predicted molar refractivity (Wildman–Crippen MR) is 212 cm³/mol. The van der Waals surface area contributed by atoms with E-state index in [2.05, 4.69) is 184 Å². The Labute approximate surface area is 292 Å². The van der Waals surface area contributed by atoms with Gasteiger partial charge in [0.2, 0.25) is 0 Å². The van der Waals surface area contributed by atoms with E-state index in [-0.39, 0.29) is 5.41 Å². The first-order valence-corrected chi connectivity index (χ1v) is 17.9. The first-order valence-electron chi connectivity index (χ1n) is 17.1. The molecule has 0 saturated carbocycles. The molecule has 0 spiro atoms. The van der Waals surface area contributed by atoms with Crippen molar-refractivity contribution >= 4 is 48.6 Å². The van der Waals surface area contributed by atoms with Crippen molar-refractivity contribution in [1.29, 1.82) is 0 Å². The van der Waals surface area contributed by atoms with Crippen LogP contribution in [0.25, 0.3) is 53.6 Å². The van der Waals surface area contributed by atoms with Crippen molar-refractivity contribution in [3.05, 3.63) is 174 Å². The Morgan fingerprint density at radius 2 is 1.16 bits per heavy atom. The third-order valence-electron chi connectivity index (χ3n) is 10.4. The fourth-order valence-corrected chi connectivity index (χ4v) is 9.23. The highest BCUT2D eigenvalue weighted by atomic mass is 32.1. The van der Waals surface area contributed by atoms with Gasteiger partial charge in [0.05, 0.1) is 0 Å². The van der Waals surface area contributed by atoms with Crippen molar-refractivity contribution in [1.82, 2.24) is 0 Å². The molecule has 1 nitrogen and oxygen atoms in total. The molecule has 1 aliphatic carbocycles. The van der Waals surface area contributed by atoms with Gasteiger partial charge in [-0.05, 0) is 119 Å². The van der Waals surface area contributed by atoms with Gasteiger partial charge in [0.1, 0.15) is 0 Å². The molecule has 1 aromatic heterocycles. The first kappa shape index (κ1) is 29.7.